The molecule has 1 unspecified atom stereocenters. The van der Waals surface area contributed by atoms with E-state index in [9.17, 15) is 18.0 Å². The Bertz CT molecular complexity index is 1350. The zero-order valence-corrected chi connectivity index (χ0v) is 20.1. The summed E-state index contributed by atoms with van der Waals surface area (Å²) >= 11 is 1.44. The standard InChI is InChI=1S/C21H22F3N9OS/c1-5-15(32(3)4)16-14(10-26-19-17(16)29-11(2)35-19)31-20(34)30-12-8-13(21(22,23)24)18(25-9-12)33-27-6-7-28-33/h6-10,15H,5H2,1-4H3,(H2,30,31,34). The van der Waals surface area contributed by atoms with Crippen LogP contribution in [0.1, 0.15) is 35.5 Å². The largest absolute Gasteiger partial charge is 0.420 e. The summed E-state index contributed by atoms with van der Waals surface area (Å²) in [6.45, 7) is 3.89. The summed E-state index contributed by atoms with van der Waals surface area (Å²) in [5, 5.41) is 13.4. The molecule has 0 saturated heterocycles. The molecule has 184 valence electrons. The summed E-state index contributed by atoms with van der Waals surface area (Å²) in [7, 11) is 3.84. The maximum absolute atomic E-state index is 13.7. The van der Waals surface area contributed by atoms with E-state index in [4.69, 9.17) is 0 Å². The average Bonchev–Trinajstić information content (AvgIpc) is 3.44. The van der Waals surface area contributed by atoms with Crippen LogP contribution < -0.4 is 10.6 Å². The summed E-state index contributed by atoms with van der Waals surface area (Å²) < 4.78 is 41.0. The monoisotopic (exact) mass is 505 g/mol. The molecular formula is C21H22F3N9OS. The topological polar surface area (TPSA) is 114 Å². The summed E-state index contributed by atoms with van der Waals surface area (Å²) in [5.74, 6) is -0.499. The maximum atomic E-state index is 13.7. The van der Waals surface area contributed by atoms with Crippen molar-refractivity contribution < 1.29 is 18.0 Å². The number of aromatic nitrogens is 6. The number of hydrogen-bond donors (Lipinski definition) is 2. The van der Waals surface area contributed by atoms with E-state index in [2.05, 4.69) is 35.8 Å². The zero-order chi connectivity index (χ0) is 25.3. The highest BCUT2D eigenvalue weighted by atomic mass is 32.1. The normalized spacial score (nSPS) is 12.8. The number of carbonyl (C=O) groups is 1. The number of alkyl halides is 3. The Morgan fingerprint density at radius 2 is 1.89 bits per heavy atom. The van der Waals surface area contributed by atoms with E-state index in [0.29, 0.717) is 11.2 Å². The first-order valence-corrected chi connectivity index (χ1v) is 11.3. The van der Waals surface area contributed by atoms with Crippen molar-refractivity contribution in [2.45, 2.75) is 32.5 Å². The molecule has 1 atom stereocenters. The van der Waals surface area contributed by atoms with Crippen molar-refractivity contribution in [1.29, 1.82) is 0 Å². The maximum Gasteiger partial charge on any atom is 0.420 e. The van der Waals surface area contributed by atoms with Crippen LogP contribution in [0, 0.1) is 6.92 Å². The molecule has 0 aliphatic carbocycles. The molecule has 0 saturated carbocycles. The molecule has 10 nitrogen and oxygen atoms in total. The van der Waals surface area contributed by atoms with Gasteiger partial charge in [0.2, 0.25) is 0 Å². The van der Waals surface area contributed by atoms with Gasteiger partial charge in [-0.1, -0.05) is 18.3 Å². The Labute approximate surface area is 202 Å². The number of aryl methyl sites for hydroxylation is 1. The lowest BCUT2D eigenvalue weighted by Crippen LogP contribution is -2.25. The fourth-order valence-corrected chi connectivity index (χ4v) is 4.54. The van der Waals surface area contributed by atoms with Crippen LogP contribution in [0.5, 0.6) is 0 Å². The number of nitrogens with one attached hydrogen (secondary N) is 2. The SMILES string of the molecule is CCC(c1c(NC(=O)Nc2cnc(-n3nccn3)c(C(F)(F)F)c2)cnc2sc(C)nc12)N(C)C. The van der Waals surface area contributed by atoms with Crippen molar-refractivity contribution >= 4 is 39.1 Å². The third-order valence-electron chi connectivity index (χ3n) is 5.20. The van der Waals surface area contributed by atoms with E-state index in [1.165, 1.54) is 29.9 Å². The van der Waals surface area contributed by atoms with E-state index in [1.807, 2.05) is 32.8 Å². The number of amides is 2. The second kappa shape index (κ2) is 9.54. The summed E-state index contributed by atoms with van der Waals surface area (Å²) in [5.41, 5.74) is 0.652. The van der Waals surface area contributed by atoms with E-state index < -0.39 is 23.6 Å². The summed E-state index contributed by atoms with van der Waals surface area (Å²) in [6, 6.07) is -0.0315. The van der Waals surface area contributed by atoms with Crippen molar-refractivity contribution in [3.63, 3.8) is 0 Å². The highest BCUT2D eigenvalue weighted by Gasteiger charge is 2.36. The molecule has 35 heavy (non-hydrogen) atoms. The van der Waals surface area contributed by atoms with Crippen molar-refractivity contribution in [3.8, 4) is 5.82 Å². The van der Waals surface area contributed by atoms with Gasteiger partial charge >= 0.3 is 12.2 Å². The summed E-state index contributed by atoms with van der Waals surface area (Å²) in [4.78, 5) is 29.1. The fourth-order valence-electron chi connectivity index (χ4n) is 3.77. The summed E-state index contributed by atoms with van der Waals surface area (Å²) in [6.07, 6.45) is 1.12. The van der Waals surface area contributed by atoms with Gasteiger partial charge in [0.1, 0.15) is 15.9 Å². The minimum absolute atomic E-state index is 0.0725. The zero-order valence-electron chi connectivity index (χ0n) is 19.3. The van der Waals surface area contributed by atoms with Gasteiger partial charge in [-0.15, -0.1) is 4.80 Å². The first-order chi connectivity index (χ1) is 16.6. The molecule has 0 radical (unpaired) electrons. The van der Waals surface area contributed by atoms with Crippen molar-refractivity contribution in [3.05, 3.63) is 47.0 Å². The fraction of sp³-hybridized carbons (Fsp3) is 0.333. The Kier molecular flexibility index (Phi) is 6.67. The third kappa shape index (κ3) is 5.07. The molecule has 2 N–H and O–H groups in total. The van der Waals surface area contributed by atoms with Gasteiger partial charge in [-0.2, -0.15) is 23.4 Å². The number of thiazole rings is 1. The molecular weight excluding hydrogens is 483 g/mol. The second-order valence-electron chi connectivity index (χ2n) is 7.85. The third-order valence-corrected chi connectivity index (χ3v) is 6.08. The van der Waals surface area contributed by atoms with Crippen LogP contribution in [0.15, 0.2) is 30.9 Å². The molecule has 4 heterocycles. The first kappa shape index (κ1) is 24.5. The lowest BCUT2D eigenvalue weighted by Gasteiger charge is -2.26. The molecule has 4 rings (SSSR count). The molecule has 0 aliphatic rings. The van der Waals surface area contributed by atoms with E-state index >= 15 is 0 Å². The molecule has 14 heteroatoms. The Morgan fingerprint density at radius 1 is 1.17 bits per heavy atom. The molecule has 0 aliphatic heterocycles. The number of halogens is 3. The Hall–Kier alpha value is -3.65. The number of anilines is 2. The number of carbonyl (C=O) groups excluding carboxylic acids is 1. The average molecular weight is 506 g/mol. The molecule has 4 aromatic heterocycles. The van der Waals surface area contributed by atoms with Gasteiger partial charge in [-0.3, -0.25) is 0 Å². The van der Waals surface area contributed by atoms with Gasteiger partial charge in [0, 0.05) is 11.6 Å². The van der Waals surface area contributed by atoms with Gasteiger partial charge in [0.05, 0.1) is 41.2 Å². The van der Waals surface area contributed by atoms with Crippen LogP contribution >= 0.6 is 11.3 Å². The van der Waals surface area contributed by atoms with Crippen LogP contribution in [0.3, 0.4) is 0 Å². The van der Waals surface area contributed by atoms with Crippen LogP contribution in [0.25, 0.3) is 16.2 Å². The second-order valence-corrected chi connectivity index (χ2v) is 9.03. The number of pyridine rings is 2. The number of rotatable bonds is 6. The van der Waals surface area contributed by atoms with Crippen LogP contribution in [-0.4, -0.2) is 55.0 Å². The van der Waals surface area contributed by atoms with Gasteiger partial charge in [0.25, 0.3) is 0 Å². The molecule has 0 fully saturated rings. The van der Waals surface area contributed by atoms with Crippen LogP contribution in [0.4, 0.5) is 29.3 Å². The number of fused-ring (bicyclic) bond motifs is 1. The quantitative estimate of drug-likeness (QED) is 0.392. The molecule has 4 aromatic rings. The molecule has 0 aromatic carbocycles. The van der Waals surface area contributed by atoms with Crippen molar-refractivity contribution in [1.82, 2.24) is 34.8 Å². The molecule has 0 bridgehead atoms. The Morgan fingerprint density at radius 3 is 2.51 bits per heavy atom. The van der Waals surface area contributed by atoms with E-state index in [1.54, 1.807) is 0 Å². The number of nitrogens with zero attached hydrogens (tertiary/aromatic N) is 7. The Balaban J connectivity index is 1.65. The highest BCUT2D eigenvalue weighted by Crippen LogP contribution is 2.37. The van der Waals surface area contributed by atoms with Crippen LogP contribution in [0.2, 0.25) is 0 Å². The highest BCUT2D eigenvalue weighted by molar-refractivity contribution is 7.18. The predicted octanol–water partition coefficient (Wildman–Crippen LogP) is 4.65. The lowest BCUT2D eigenvalue weighted by molar-refractivity contribution is -0.137. The van der Waals surface area contributed by atoms with Crippen molar-refractivity contribution in [2.24, 2.45) is 0 Å². The van der Waals surface area contributed by atoms with Crippen LogP contribution in [-0.2, 0) is 6.18 Å². The molecule has 2 amide bonds. The number of hydrogen-bond acceptors (Lipinski definition) is 8. The first-order valence-electron chi connectivity index (χ1n) is 10.5. The predicted molar refractivity (Wildman–Crippen MR) is 126 cm³/mol. The molecule has 0 spiro atoms. The number of urea groups is 1. The van der Waals surface area contributed by atoms with E-state index in [0.717, 1.165) is 38.9 Å². The smallest absolute Gasteiger partial charge is 0.306 e. The van der Waals surface area contributed by atoms with Gasteiger partial charge < -0.3 is 15.5 Å². The minimum atomic E-state index is -4.74. The van der Waals surface area contributed by atoms with Gasteiger partial charge in [-0.05, 0) is 33.5 Å². The minimum Gasteiger partial charge on any atom is -0.306 e. The van der Waals surface area contributed by atoms with Gasteiger partial charge in [0.15, 0.2) is 5.82 Å². The van der Waals surface area contributed by atoms with Crippen molar-refractivity contribution in [2.75, 3.05) is 24.7 Å². The van der Waals surface area contributed by atoms with E-state index in [-0.39, 0.29) is 11.7 Å². The van der Waals surface area contributed by atoms with Gasteiger partial charge in [-0.25, -0.2) is 19.7 Å². The lowest BCUT2D eigenvalue weighted by atomic mass is 10.0.